The zero-order chi connectivity index (χ0) is 14.9. The summed E-state index contributed by atoms with van der Waals surface area (Å²) in [7, 11) is 0. The Labute approximate surface area is 133 Å². The number of hydrogen-bond acceptors (Lipinski definition) is 4. The molecule has 0 saturated carbocycles. The van der Waals surface area contributed by atoms with Crippen molar-refractivity contribution in [2.24, 2.45) is 5.92 Å². The van der Waals surface area contributed by atoms with E-state index in [0.717, 1.165) is 29.1 Å². The number of benzene rings is 1. The van der Waals surface area contributed by atoms with Crippen LogP contribution in [0.25, 0.3) is 22.6 Å². The van der Waals surface area contributed by atoms with Gasteiger partial charge in [0.05, 0.1) is 0 Å². The first-order chi connectivity index (χ1) is 10.8. The van der Waals surface area contributed by atoms with Gasteiger partial charge >= 0.3 is 0 Å². The Morgan fingerprint density at radius 2 is 2.23 bits per heavy atom. The Morgan fingerprint density at radius 1 is 1.27 bits per heavy atom. The lowest BCUT2D eigenvalue weighted by Crippen LogP contribution is -2.11. The fourth-order valence-electron chi connectivity index (χ4n) is 2.98. The molecule has 112 valence electrons. The number of phenols is 1. The van der Waals surface area contributed by atoms with E-state index in [2.05, 4.69) is 9.55 Å². The van der Waals surface area contributed by atoms with Crippen molar-refractivity contribution < 1.29 is 5.11 Å². The van der Waals surface area contributed by atoms with Gasteiger partial charge in [0, 0.05) is 18.3 Å². The molecule has 0 aliphatic carbocycles. The van der Waals surface area contributed by atoms with Crippen LogP contribution in [0.5, 0.6) is 5.75 Å². The molecule has 1 aliphatic heterocycles. The third-order valence-corrected chi connectivity index (χ3v) is 5.30. The second-order valence-electron chi connectivity index (χ2n) is 5.67. The predicted octanol–water partition coefficient (Wildman–Crippen LogP) is 3.56. The van der Waals surface area contributed by atoms with E-state index >= 15 is 0 Å². The highest BCUT2D eigenvalue weighted by Gasteiger charge is 2.20. The van der Waals surface area contributed by atoms with Gasteiger partial charge in [0.25, 0.3) is 0 Å². The van der Waals surface area contributed by atoms with E-state index in [1.54, 1.807) is 12.1 Å². The van der Waals surface area contributed by atoms with Crippen LogP contribution in [0.4, 0.5) is 0 Å². The number of thioether (sulfide) groups is 1. The number of nitrogens with zero attached hydrogens (tertiary/aromatic N) is 3. The van der Waals surface area contributed by atoms with Crippen LogP contribution in [0.15, 0.2) is 42.6 Å². The van der Waals surface area contributed by atoms with E-state index in [4.69, 9.17) is 4.98 Å². The van der Waals surface area contributed by atoms with Crippen LogP contribution in [-0.2, 0) is 6.54 Å². The molecule has 4 rings (SSSR count). The molecule has 0 radical (unpaired) electrons. The first-order valence-corrected chi connectivity index (χ1v) is 8.65. The van der Waals surface area contributed by atoms with Crippen LogP contribution in [0, 0.1) is 5.92 Å². The zero-order valence-corrected chi connectivity index (χ0v) is 13.0. The Bertz CT molecular complexity index is 809. The topological polar surface area (TPSA) is 50.9 Å². The van der Waals surface area contributed by atoms with Crippen molar-refractivity contribution in [1.29, 1.82) is 0 Å². The van der Waals surface area contributed by atoms with Gasteiger partial charge in [-0.25, -0.2) is 9.97 Å². The van der Waals surface area contributed by atoms with E-state index in [-0.39, 0.29) is 5.75 Å². The summed E-state index contributed by atoms with van der Waals surface area (Å²) < 4.78 is 2.21. The van der Waals surface area contributed by atoms with Crippen molar-refractivity contribution in [3.63, 3.8) is 0 Å². The lowest BCUT2D eigenvalue weighted by atomic mass is 10.1. The molecule has 2 aromatic heterocycles. The fraction of sp³-hybridized carbons (Fsp3) is 0.294. The molecule has 1 atom stereocenters. The van der Waals surface area contributed by atoms with Crippen LogP contribution in [0.1, 0.15) is 6.42 Å². The molecule has 0 spiro atoms. The molecule has 1 aliphatic rings. The summed E-state index contributed by atoms with van der Waals surface area (Å²) in [5, 5.41) is 9.77. The van der Waals surface area contributed by atoms with Gasteiger partial charge in [-0.05, 0) is 48.1 Å². The van der Waals surface area contributed by atoms with E-state index in [1.165, 1.54) is 17.9 Å². The average molecular weight is 311 g/mol. The average Bonchev–Trinajstić information content (AvgIpc) is 3.16. The number of aromatic nitrogens is 3. The second-order valence-corrected chi connectivity index (χ2v) is 6.82. The van der Waals surface area contributed by atoms with E-state index in [0.29, 0.717) is 5.92 Å². The molecule has 5 heteroatoms. The molecule has 1 N–H and O–H groups in total. The van der Waals surface area contributed by atoms with Crippen LogP contribution in [0.2, 0.25) is 0 Å². The summed E-state index contributed by atoms with van der Waals surface area (Å²) >= 11 is 2.02. The molecular weight excluding hydrogens is 294 g/mol. The molecule has 4 nitrogen and oxygen atoms in total. The van der Waals surface area contributed by atoms with Gasteiger partial charge in [0.15, 0.2) is 5.65 Å². The summed E-state index contributed by atoms with van der Waals surface area (Å²) in [6.07, 6.45) is 3.06. The van der Waals surface area contributed by atoms with Gasteiger partial charge in [0.2, 0.25) is 0 Å². The predicted molar refractivity (Wildman–Crippen MR) is 90.1 cm³/mol. The van der Waals surface area contributed by atoms with Crippen molar-refractivity contribution in [2.75, 3.05) is 11.5 Å². The van der Waals surface area contributed by atoms with Crippen LogP contribution < -0.4 is 0 Å². The molecule has 22 heavy (non-hydrogen) atoms. The number of phenolic OH excluding ortho intramolecular Hbond substituents is 1. The number of hydrogen-bond donors (Lipinski definition) is 1. The molecule has 1 saturated heterocycles. The van der Waals surface area contributed by atoms with Gasteiger partial charge in [-0.1, -0.05) is 12.1 Å². The van der Waals surface area contributed by atoms with Crippen molar-refractivity contribution in [3.8, 4) is 17.1 Å². The lowest BCUT2D eigenvalue weighted by Gasteiger charge is -2.13. The maximum atomic E-state index is 9.77. The van der Waals surface area contributed by atoms with Crippen molar-refractivity contribution in [2.45, 2.75) is 13.0 Å². The lowest BCUT2D eigenvalue weighted by molar-refractivity contribution is 0.475. The van der Waals surface area contributed by atoms with Crippen LogP contribution >= 0.6 is 11.8 Å². The Hall–Kier alpha value is -2.01. The Kier molecular flexibility index (Phi) is 3.50. The number of fused-ring (bicyclic) bond motifs is 1. The first-order valence-electron chi connectivity index (χ1n) is 7.49. The molecular formula is C17H17N3OS. The molecule has 3 aromatic rings. The standard InChI is InChI=1S/C17H17N3OS/c21-14-4-1-3-13(9-14)16-19-15-5-2-7-18-17(15)20(16)10-12-6-8-22-11-12/h1-5,7,9,12,21H,6,8,10-11H2. The summed E-state index contributed by atoms with van der Waals surface area (Å²) in [5.41, 5.74) is 2.77. The maximum absolute atomic E-state index is 9.77. The van der Waals surface area contributed by atoms with Crippen molar-refractivity contribution in [1.82, 2.24) is 14.5 Å². The summed E-state index contributed by atoms with van der Waals surface area (Å²) in [5.74, 6) is 4.26. The minimum absolute atomic E-state index is 0.264. The quantitative estimate of drug-likeness (QED) is 0.803. The third-order valence-electron chi connectivity index (χ3n) is 4.07. The molecule has 0 bridgehead atoms. The van der Waals surface area contributed by atoms with Crippen molar-refractivity contribution >= 4 is 22.9 Å². The first kappa shape index (κ1) is 13.6. The van der Waals surface area contributed by atoms with Gasteiger partial charge in [-0.3, -0.25) is 0 Å². The monoisotopic (exact) mass is 311 g/mol. The van der Waals surface area contributed by atoms with E-state index in [1.807, 2.05) is 42.2 Å². The zero-order valence-electron chi connectivity index (χ0n) is 12.1. The highest BCUT2D eigenvalue weighted by molar-refractivity contribution is 7.99. The molecule has 1 aromatic carbocycles. The van der Waals surface area contributed by atoms with Crippen molar-refractivity contribution in [3.05, 3.63) is 42.6 Å². The number of aromatic hydroxyl groups is 1. The largest absolute Gasteiger partial charge is 0.508 e. The summed E-state index contributed by atoms with van der Waals surface area (Å²) in [6.45, 7) is 0.936. The summed E-state index contributed by atoms with van der Waals surface area (Å²) in [6, 6.07) is 11.2. The number of rotatable bonds is 3. The third kappa shape index (κ3) is 2.46. The number of pyridine rings is 1. The van der Waals surface area contributed by atoms with Gasteiger partial charge in [0.1, 0.15) is 17.1 Å². The maximum Gasteiger partial charge on any atom is 0.160 e. The normalized spacial score (nSPS) is 18.1. The van der Waals surface area contributed by atoms with Crippen LogP contribution in [-0.4, -0.2) is 31.1 Å². The van der Waals surface area contributed by atoms with E-state index in [9.17, 15) is 5.11 Å². The molecule has 1 unspecified atom stereocenters. The Balaban J connectivity index is 1.85. The van der Waals surface area contributed by atoms with Gasteiger partial charge in [-0.15, -0.1) is 0 Å². The highest BCUT2D eigenvalue weighted by Crippen LogP contribution is 2.30. The highest BCUT2D eigenvalue weighted by atomic mass is 32.2. The van der Waals surface area contributed by atoms with Gasteiger partial charge < -0.3 is 9.67 Å². The molecule has 3 heterocycles. The fourth-order valence-corrected chi connectivity index (χ4v) is 4.25. The van der Waals surface area contributed by atoms with E-state index < -0.39 is 0 Å². The van der Waals surface area contributed by atoms with Gasteiger partial charge in [-0.2, -0.15) is 11.8 Å². The smallest absolute Gasteiger partial charge is 0.160 e. The second kappa shape index (κ2) is 5.65. The SMILES string of the molecule is Oc1cccc(-c2nc3cccnc3n2CC2CCSC2)c1. The Morgan fingerprint density at radius 3 is 3.05 bits per heavy atom. The number of imidazole rings is 1. The minimum Gasteiger partial charge on any atom is -0.508 e. The summed E-state index contributed by atoms with van der Waals surface area (Å²) in [4.78, 5) is 9.27. The minimum atomic E-state index is 0.264. The van der Waals surface area contributed by atoms with Crippen LogP contribution in [0.3, 0.4) is 0 Å². The molecule has 1 fully saturated rings. The molecule has 0 amide bonds.